The summed E-state index contributed by atoms with van der Waals surface area (Å²) in [7, 11) is 1.66. The monoisotopic (exact) mass is 177 g/mol. The largest absolute Gasteiger partial charge is 0.496 e. The summed E-state index contributed by atoms with van der Waals surface area (Å²) in [5.74, 6) is 1.05. The van der Waals surface area contributed by atoms with Gasteiger partial charge in [-0.1, -0.05) is 24.3 Å². The van der Waals surface area contributed by atoms with Crippen molar-refractivity contribution in [3.05, 3.63) is 42.5 Å². The summed E-state index contributed by atoms with van der Waals surface area (Å²) < 4.78 is 5.23. The molecule has 0 bridgehead atoms. The van der Waals surface area contributed by atoms with Crippen LogP contribution in [0.15, 0.2) is 36.9 Å². The molecule has 0 radical (unpaired) electrons. The van der Waals surface area contributed by atoms with Crippen molar-refractivity contribution in [2.24, 2.45) is 5.73 Å². The third-order valence-electron chi connectivity index (χ3n) is 2.08. The Kier molecular flexibility index (Phi) is 3.53. The van der Waals surface area contributed by atoms with Gasteiger partial charge in [-0.3, -0.25) is 0 Å². The van der Waals surface area contributed by atoms with E-state index in [4.69, 9.17) is 10.5 Å². The maximum Gasteiger partial charge on any atom is 0.122 e. The van der Waals surface area contributed by atoms with E-state index in [1.807, 2.05) is 30.3 Å². The van der Waals surface area contributed by atoms with Gasteiger partial charge < -0.3 is 10.5 Å². The fourth-order valence-corrected chi connectivity index (χ4v) is 1.32. The summed E-state index contributed by atoms with van der Waals surface area (Å²) >= 11 is 0. The molecule has 1 aromatic carbocycles. The zero-order chi connectivity index (χ0) is 9.68. The number of benzene rings is 1. The van der Waals surface area contributed by atoms with Crippen LogP contribution in [0.1, 0.15) is 11.5 Å². The number of rotatable bonds is 4. The third-order valence-corrected chi connectivity index (χ3v) is 2.08. The van der Waals surface area contributed by atoms with Gasteiger partial charge in [0.25, 0.3) is 0 Å². The number of nitrogens with two attached hydrogens (primary N) is 1. The van der Waals surface area contributed by atoms with Crippen molar-refractivity contribution in [1.82, 2.24) is 0 Å². The average molecular weight is 177 g/mol. The predicted octanol–water partition coefficient (Wildman–Crippen LogP) is 1.92. The third kappa shape index (κ3) is 2.10. The minimum atomic E-state index is 0.177. The molecule has 0 aliphatic heterocycles. The number of methoxy groups -OCH3 is 1. The van der Waals surface area contributed by atoms with Crippen LogP contribution in [0, 0.1) is 0 Å². The van der Waals surface area contributed by atoms with Gasteiger partial charge in [0, 0.05) is 18.0 Å². The Morgan fingerprint density at radius 3 is 2.77 bits per heavy atom. The Morgan fingerprint density at radius 1 is 1.54 bits per heavy atom. The van der Waals surface area contributed by atoms with E-state index in [-0.39, 0.29) is 5.92 Å². The van der Waals surface area contributed by atoms with E-state index in [1.54, 1.807) is 7.11 Å². The van der Waals surface area contributed by atoms with Gasteiger partial charge in [0.1, 0.15) is 5.75 Å². The van der Waals surface area contributed by atoms with Crippen LogP contribution in [-0.4, -0.2) is 13.7 Å². The van der Waals surface area contributed by atoms with Crippen molar-refractivity contribution >= 4 is 0 Å². The molecule has 0 aromatic heterocycles. The van der Waals surface area contributed by atoms with Crippen molar-refractivity contribution in [2.45, 2.75) is 5.92 Å². The first kappa shape index (κ1) is 9.81. The quantitative estimate of drug-likeness (QED) is 0.713. The van der Waals surface area contributed by atoms with E-state index in [1.165, 1.54) is 0 Å². The second-order valence-electron chi connectivity index (χ2n) is 2.82. The predicted molar refractivity (Wildman–Crippen MR) is 55.0 cm³/mol. The van der Waals surface area contributed by atoms with E-state index < -0.39 is 0 Å². The van der Waals surface area contributed by atoms with Gasteiger partial charge in [-0.15, -0.1) is 6.58 Å². The van der Waals surface area contributed by atoms with Crippen LogP contribution in [0.3, 0.4) is 0 Å². The Balaban J connectivity index is 3.03. The van der Waals surface area contributed by atoms with E-state index in [0.717, 1.165) is 11.3 Å². The molecule has 0 amide bonds. The summed E-state index contributed by atoms with van der Waals surface area (Å²) in [6.45, 7) is 4.31. The molecule has 1 rings (SSSR count). The first-order valence-corrected chi connectivity index (χ1v) is 4.29. The molecule has 0 aliphatic rings. The zero-order valence-corrected chi connectivity index (χ0v) is 7.86. The highest BCUT2D eigenvalue weighted by Crippen LogP contribution is 2.25. The smallest absolute Gasteiger partial charge is 0.122 e. The molecule has 0 heterocycles. The first-order valence-electron chi connectivity index (χ1n) is 4.29. The van der Waals surface area contributed by atoms with Gasteiger partial charge in [-0.05, 0) is 6.07 Å². The van der Waals surface area contributed by atoms with Gasteiger partial charge in [0.2, 0.25) is 0 Å². The molecule has 0 fully saturated rings. The summed E-state index contributed by atoms with van der Waals surface area (Å²) in [6, 6.07) is 7.86. The van der Waals surface area contributed by atoms with Gasteiger partial charge in [-0.2, -0.15) is 0 Å². The van der Waals surface area contributed by atoms with E-state index in [2.05, 4.69) is 6.58 Å². The molecular weight excluding hydrogens is 162 g/mol. The van der Waals surface area contributed by atoms with Crippen LogP contribution < -0.4 is 10.5 Å². The molecule has 0 spiro atoms. The Bertz CT molecular complexity index is 283. The molecule has 1 aromatic rings. The molecule has 2 nitrogen and oxygen atoms in total. The van der Waals surface area contributed by atoms with Crippen LogP contribution in [0.5, 0.6) is 5.75 Å². The van der Waals surface area contributed by atoms with Crippen LogP contribution in [-0.2, 0) is 0 Å². The number of para-hydroxylation sites is 1. The van der Waals surface area contributed by atoms with Crippen LogP contribution in [0.2, 0.25) is 0 Å². The molecule has 1 unspecified atom stereocenters. The minimum Gasteiger partial charge on any atom is -0.496 e. The number of ether oxygens (including phenoxy) is 1. The summed E-state index contributed by atoms with van der Waals surface area (Å²) in [6.07, 6.45) is 1.85. The van der Waals surface area contributed by atoms with Crippen molar-refractivity contribution < 1.29 is 4.74 Å². The molecule has 13 heavy (non-hydrogen) atoms. The molecule has 70 valence electrons. The topological polar surface area (TPSA) is 35.2 Å². The number of hydrogen-bond donors (Lipinski definition) is 1. The summed E-state index contributed by atoms with van der Waals surface area (Å²) in [4.78, 5) is 0. The first-order chi connectivity index (χ1) is 6.33. The molecule has 0 saturated carbocycles. The summed E-state index contributed by atoms with van der Waals surface area (Å²) in [5, 5.41) is 0. The fourth-order valence-electron chi connectivity index (χ4n) is 1.32. The van der Waals surface area contributed by atoms with Crippen molar-refractivity contribution in [3.63, 3.8) is 0 Å². The lowest BCUT2D eigenvalue weighted by atomic mass is 9.98. The maximum atomic E-state index is 5.61. The van der Waals surface area contributed by atoms with E-state index in [9.17, 15) is 0 Å². The Morgan fingerprint density at radius 2 is 2.23 bits per heavy atom. The van der Waals surface area contributed by atoms with E-state index in [0.29, 0.717) is 6.54 Å². The lowest BCUT2D eigenvalue weighted by Gasteiger charge is -2.13. The van der Waals surface area contributed by atoms with Crippen molar-refractivity contribution in [3.8, 4) is 5.75 Å². The number of hydrogen-bond acceptors (Lipinski definition) is 2. The summed E-state index contributed by atoms with van der Waals surface area (Å²) in [5.41, 5.74) is 6.71. The molecule has 0 saturated heterocycles. The zero-order valence-electron chi connectivity index (χ0n) is 7.86. The standard InChI is InChI=1S/C11H15NO/c1-3-9(8-12)10-6-4-5-7-11(10)13-2/h3-7,9H,1,8,12H2,2H3. The lowest BCUT2D eigenvalue weighted by molar-refractivity contribution is 0.408. The minimum absolute atomic E-state index is 0.177. The molecule has 2 heteroatoms. The van der Waals surface area contributed by atoms with Gasteiger partial charge >= 0.3 is 0 Å². The van der Waals surface area contributed by atoms with Crippen molar-refractivity contribution in [2.75, 3.05) is 13.7 Å². The highest BCUT2D eigenvalue weighted by molar-refractivity contribution is 5.38. The molecule has 1 atom stereocenters. The van der Waals surface area contributed by atoms with Crippen LogP contribution >= 0.6 is 0 Å². The lowest BCUT2D eigenvalue weighted by Crippen LogP contribution is -2.10. The van der Waals surface area contributed by atoms with Crippen molar-refractivity contribution in [1.29, 1.82) is 0 Å². The van der Waals surface area contributed by atoms with E-state index >= 15 is 0 Å². The van der Waals surface area contributed by atoms with Gasteiger partial charge in [0.15, 0.2) is 0 Å². The highest BCUT2D eigenvalue weighted by atomic mass is 16.5. The molecule has 0 aliphatic carbocycles. The fraction of sp³-hybridized carbons (Fsp3) is 0.273. The normalized spacial score (nSPS) is 12.2. The SMILES string of the molecule is C=CC(CN)c1ccccc1OC. The second-order valence-corrected chi connectivity index (χ2v) is 2.82. The Labute approximate surface area is 79.0 Å². The Hall–Kier alpha value is -1.28. The highest BCUT2D eigenvalue weighted by Gasteiger charge is 2.09. The van der Waals surface area contributed by atoms with Gasteiger partial charge in [0.05, 0.1) is 7.11 Å². The molecular formula is C11H15NO. The van der Waals surface area contributed by atoms with Crippen LogP contribution in [0.4, 0.5) is 0 Å². The average Bonchev–Trinajstić information content (AvgIpc) is 2.20. The molecule has 2 N–H and O–H groups in total. The van der Waals surface area contributed by atoms with Crippen LogP contribution in [0.25, 0.3) is 0 Å². The maximum absolute atomic E-state index is 5.61. The van der Waals surface area contributed by atoms with Gasteiger partial charge in [-0.25, -0.2) is 0 Å². The second kappa shape index (κ2) is 4.67.